The fourth-order valence-electron chi connectivity index (χ4n) is 4.42. The Labute approximate surface area is 192 Å². The molecule has 2 saturated heterocycles. The number of amides is 1. The van der Waals surface area contributed by atoms with Crippen molar-refractivity contribution in [1.82, 2.24) is 15.0 Å². The Bertz CT molecular complexity index is 969. The second kappa shape index (κ2) is 9.11. The van der Waals surface area contributed by atoms with Gasteiger partial charge in [-0.3, -0.25) is 4.79 Å². The molecule has 1 aliphatic carbocycles. The number of nitrogens with one attached hydrogen (secondary N) is 2. The van der Waals surface area contributed by atoms with Crippen LogP contribution in [0, 0.1) is 5.41 Å². The fraction of sp³-hybridized carbons (Fsp3) is 0.545. The summed E-state index contributed by atoms with van der Waals surface area (Å²) in [5, 5.41) is 2.93. The van der Waals surface area contributed by atoms with Gasteiger partial charge in [-0.1, -0.05) is 18.0 Å². The van der Waals surface area contributed by atoms with E-state index < -0.39 is 0 Å². The maximum Gasteiger partial charge on any atom is 0.279 e. The van der Waals surface area contributed by atoms with Gasteiger partial charge in [0.2, 0.25) is 0 Å². The number of morpholine rings is 1. The Morgan fingerprint density at radius 1 is 1.03 bits per heavy atom. The zero-order valence-electron chi connectivity index (χ0n) is 18.3. The Balaban J connectivity index is 1.35. The van der Waals surface area contributed by atoms with Crippen LogP contribution in [-0.2, 0) is 4.74 Å². The molecular formula is C22H29N7O2S. The molecule has 5 rings (SSSR count). The number of aromatic nitrogens is 3. The molecule has 4 heterocycles. The van der Waals surface area contributed by atoms with Crippen molar-refractivity contribution in [3.63, 3.8) is 0 Å². The summed E-state index contributed by atoms with van der Waals surface area (Å²) in [6.45, 7) is 4.77. The van der Waals surface area contributed by atoms with Gasteiger partial charge in [0.1, 0.15) is 11.6 Å². The number of carbonyl (C=O) groups is 1. The molecule has 0 atom stereocenters. The van der Waals surface area contributed by atoms with Crippen molar-refractivity contribution >= 4 is 41.1 Å². The summed E-state index contributed by atoms with van der Waals surface area (Å²) >= 11 is 1.46. The second-order valence-corrected chi connectivity index (χ2v) is 9.27. The number of rotatable bonds is 6. The first kappa shape index (κ1) is 21.3. The van der Waals surface area contributed by atoms with Crippen LogP contribution in [-0.4, -0.2) is 66.5 Å². The monoisotopic (exact) mass is 455 g/mol. The van der Waals surface area contributed by atoms with Gasteiger partial charge in [-0.15, -0.1) is 0 Å². The van der Waals surface area contributed by atoms with E-state index in [9.17, 15) is 4.79 Å². The Kier molecular flexibility index (Phi) is 6.05. The highest BCUT2D eigenvalue weighted by Crippen LogP contribution is 2.53. The highest BCUT2D eigenvalue weighted by atomic mass is 32.2. The zero-order valence-corrected chi connectivity index (χ0v) is 19.2. The van der Waals surface area contributed by atoms with E-state index in [1.165, 1.54) is 24.8 Å². The number of nitrogens with zero attached hydrogens (tertiary/aromatic N) is 5. The molecule has 10 heteroatoms. The third-order valence-electron chi connectivity index (χ3n) is 6.57. The van der Waals surface area contributed by atoms with Crippen molar-refractivity contribution < 1.29 is 9.53 Å². The van der Waals surface area contributed by atoms with Gasteiger partial charge in [0.15, 0.2) is 17.3 Å². The first-order valence-electron chi connectivity index (χ1n) is 11.2. The minimum atomic E-state index is -0.290. The number of carbonyl (C=O) groups excluding carboxylic acids is 1. The van der Waals surface area contributed by atoms with Crippen LogP contribution < -0.4 is 19.8 Å². The highest BCUT2D eigenvalue weighted by Gasteiger charge is 2.45. The molecule has 2 aliphatic heterocycles. The van der Waals surface area contributed by atoms with E-state index in [4.69, 9.17) is 9.72 Å². The van der Waals surface area contributed by atoms with E-state index in [-0.39, 0.29) is 5.91 Å². The summed E-state index contributed by atoms with van der Waals surface area (Å²) in [6.07, 6.45) is 8.52. The van der Waals surface area contributed by atoms with Crippen LogP contribution in [0.2, 0.25) is 0 Å². The molecule has 170 valence electrons. The molecule has 0 aromatic carbocycles. The van der Waals surface area contributed by atoms with E-state index in [0.29, 0.717) is 41.8 Å². The predicted molar refractivity (Wildman–Crippen MR) is 128 cm³/mol. The van der Waals surface area contributed by atoms with Crippen LogP contribution in [0.3, 0.4) is 0 Å². The van der Waals surface area contributed by atoms with Crippen molar-refractivity contribution in [3.8, 4) is 0 Å². The van der Waals surface area contributed by atoms with Gasteiger partial charge in [0.25, 0.3) is 5.91 Å². The van der Waals surface area contributed by atoms with E-state index >= 15 is 0 Å². The molecule has 2 N–H and O–H groups in total. The molecule has 0 radical (unpaired) electrons. The van der Waals surface area contributed by atoms with Crippen molar-refractivity contribution in [3.05, 3.63) is 30.1 Å². The van der Waals surface area contributed by atoms with Crippen LogP contribution in [0.5, 0.6) is 0 Å². The Morgan fingerprint density at radius 3 is 2.53 bits per heavy atom. The van der Waals surface area contributed by atoms with Crippen molar-refractivity contribution in [2.45, 2.75) is 25.7 Å². The largest absolute Gasteiger partial charge is 0.378 e. The molecular weight excluding hydrogens is 426 g/mol. The lowest BCUT2D eigenvalue weighted by atomic mass is 9.93. The Morgan fingerprint density at radius 2 is 1.81 bits per heavy atom. The maximum atomic E-state index is 13.2. The van der Waals surface area contributed by atoms with Gasteiger partial charge in [0, 0.05) is 32.4 Å². The zero-order chi connectivity index (χ0) is 22.0. The van der Waals surface area contributed by atoms with Gasteiger partial charge in [-0.05, 0) is 43.2 Å². The molecule has 0 unspecified atom stereocenters. The number of anilines is 4. The van der Waals surface area contributed by atoms with Crippen LogP contribution >= 0.6 is 11.9 Å². The molecule has 1 spiro atoms. The highest BCUT2D eigenvalue weighted by molar-refractivity contribution is 7.99. The lowest BCUT2D eigenvalue weighted by molar-refractivity contribution is 0.102. The van der Waals surface area contributed by atoms with Crippen molar-refractivity contribution in [2.24, 2.45) is 5.41 Å². The van der Waals surface area contributed by atoms with E-state index in [2.05, 4.69) is 29.8 Å². The lowest BCUT2D eigenvalue weighted by Crippen LogP contribution is -2.37. The summed E-state index contributed by atoms with van der Waals surface area (Å²) in [5.41, 5.74) is 0.882. The average molecular weight is 456 g/mol. The minimum absolute atomic E-state index is 0.290. The third kappa shape index (κ3) is 4.61. The molecule has 3 aliphatic rings. The number of piperidine rings is 1. The molecule has 0 bridgehead atoms. The van der Waals surface area contributed by atoms with Gasteiger partial charge in [0.05, 0.1) is 19.4 Å². The average Bonchev–Trinajstić information content (AvgIpc) is 3.59. The molecule has 3 fully saturated rings. The van der Waals surface area contributed by atoms with Gasteiger partial charge < -0.3 is 24.6 Å². The second-order valence-electron chi connectivity index (χ2n) is 8.66. The van der Waals surface area contributed by atoms with Crippen molar-refractivity contribution in [2.75, 3.05) is 65.5 Å². The van der Waals surface area contributed by atoms with Gasteiger partial charge >= 0.3 is 0 Å². The predicted octanol–water partition coefficient (Wildman–Crippen LogP) is 3.03. The fourth-order valence-corrected chi connectivity index (χ4v) is 4.73. The normalized spacial score (nSPS) is 19.7. The van der Waals surface area contributed by atoms with Crippen LogP contribution in [0.15, 0.2) is 24.4 Å². The molecule has 32 heavy (non-hydrogen) atoms. The summed E-state index contributed by atoms with van der Waals surface area (Å²) in [4.78, 5) is 31.5. The number of pyridine rings is 1. The van der Waals surface area contributed by atoms with E-state index in [1.807, 2.05) is 18.4 Å². The van der Waals surface area contributed by atoms with Gasteiger partial charge in [-0.25, -0.2) is 15.0 Å². The quantitative estimate of drug-likeness (QED) is 0.637. The maximum absolute atomic E-state index is 13.2. The topological polar surface area (TPSA) is 95.5 Å². The van der Waals surface area contributed by atoms with E-state index in [1.54, 1.807) is 12.3 Å². The summed E-state index contributed by atoms with van der Waals surface area (Å²) in [6, 6.07) is 5.66. The first-order chi connectivity index (χ1) is 15.7. The van der Waals surface area contributed by atoms with Crippen LogP contribution in [0.4, 0.5) is 23.3 Å². The third-order valence-corrected chi connectivity index (χ3v) is 6.98. The molecule has 2 aromatic heterocycles. The molecule has 1 saturated carbocycles. The number of hydrogen-bond donors (Lipinski definition) is 2. The minimum Gasteiger partial charge on any atom is -0.378 e. The SMILES string of the molecule is CSNc1cnc(C(=O)Nc2cccc(N3CCOCC3)n2)c(N2CCC3(CC2)CC3)n1. The van der Waals surface area contributed by atoms with Crippen LogP contribution in [0.1, 0.15) is 36.2 Å². The Hall–Kier alpha value is -2.59. The standard InChI is InChI=1S/C22H29N7O2S/c1-32-27-17-15-23-19(20(25-17)29-9-7-22(5-6-22)8-10-29)21(30)26-16-3-2-4-18(24-16)28-11-13-31-14-12-28/h2-4,15H,5-14H2,1H3,(H,25,27)(H,24,26,30). The first-order valence-corrected chi connectivity index (χ1v) is 12.4. The van der Waals surface area contributed by atoms with Gasteiger partial charge in [-0.2, -0.15) is 0 Å². The lowest BCUT2D eigenvalue weighted by Gasteiger charge is -2.33. The van der Waals surface area contributed by atoms with Crippen molar-refractivity contribution in [1.29, 1.82) is 0 Å². The summed E-state index contributed by atoms with van der Waals surface area (Å²) < 4.78 is 8.55. The molecule has 1 amide bonds. The smallest absolute Gasteiger partial charge is 0.279 e. The molecule has 2 aromatic rings. The van der Waals surface area contributed by atoms with E-state index in [0.717, 1.165) is 44.8 Å². The number of ether oxygens (including phenoxy) is 1. The van der Waals surface area contributed by atoms with Crippen LogP contribution in [0.25, 0.3) is 0 Å². The summed E-state index contributed by atoms with van der Waals surface area (Å²) in [5.74, 6) is 2.35. The summed E-state index contributed by atoms with van der Waals surface area (Å²) in [7, 11) is 0. The number of hydrogen-bond acceptors (Lipinski definition) is 9. The molecule has 9 nitrogen and oxygen atoms in total.